The molecule has 1 N–H and O–H groups in total. The van der Waals surface area contributed by atoms with E-state index in [-0.39, 0.29) is 0 Å². The Labute approximate surface area is 110 Å². The van der Waals surface area contributed by atoms with Crippen LogP contribution in [0.4, 0.5) is 0 Å². The van der Waals surface area contributed by atoms with Gasteiger partial charge in [-0.15, -0.1) is 0 Å². The first-order chi connectivity index (χ1) is 8.10. The summed E-state index contributed by atoms with van der Waals surface area (Å²) in [5, 5.41) is 4.52. The second-order valence-corrected chi connectivity index (χ2v) is 5.50. The summed E-state index contributed by atoms with van der Waals surface area (Å²) < 4.78 is 5.00. The van der Waals surface area contributed by atoms with Gasteiger partial charge >= 0.3 is 0 Å². The molecule has 2 rings (SSSR count). The molecule has 0 fully saturated rings. The number of imidazole rings is 1. The number of aromatic nitrogens is 4. The summed E-state index contributed by atoms with van der Waals surface area (Å²) in [5.74, 6) is 1.05. The SMILES string of the molecule is CCn1nc(C)c2[nH]c(=S)n(C(C)CSC)c21. The van der Waals surface area contributed by atoms with E-state index in [1.54, 1.807) is 0 Å². The van der Waals surface area contributed by atoms with Gasteiger partial charge in [-0.2, -0.15) is 16.9 Å². The number of rotatable bonds is 4. The summed E-state index contributed by atoms with van der Waals surface area (Å²) in [6.45, 7) is 7.18. The van der Waals surface area contributed by atoms with Crippen LogP contribution >= 0.6 is 24.0 Å². The normalized spacial score (nSPS) is 13.4. The van der Waals surface area contributed by atoms with Crippen molar-refractivity contribution in [1.82, 2.24) is 19.3 Å². The van der Waals surface area contributed by atoms with E-state index in [0.717, 1.165) is 33.9 Å². The van der Waals surface area contributed by atoms with Crippen LogP contribution in [0.15, 0.2) is 0 Å². The lowest BCUT2D eigenvalue weighted by atomic mass is 10.4. The van der Waals surface area contributed by atoms with Gasteiger partial charge in [0, 0.05) is 18.3 Å². The molecule has 2 aromatic rings. The van der Waals surface area contributed by atoms with Gasteiger partial charge in [-0.3, -0.25) is 4.57 Å². The molecule has 2 heterocycles. The first kappa shape index (κ1) is 12.7. The fourth-order valence-electron chi connectivity index (χ4n) is 2.17. The highest BCUT2D eigenvalue weighted by Gasteiger charge is 2.17. The van der Waals surface area contributed by atoms with Gasteiger partial charge in [0.05, 0.1) is 5.69 Å². The van der Waals surface area contributed by atoms with Crippen molar-refractivity contribution in [2.45, 2.75) is 33.4 Å². The van der Waals surface area contributed by atoms with E-state index < -0.39 is 0 Å². The zero-order valence-electron chi connectivity index (χ0n) is 10.6. The third-order valence-electron chi connectivity index (χ3n) is 2.93. The number of hydrogen-bond donors (Lipinski definition) is 1. The highest BCUT2D eigenvalue weighted by molar-refractivity contribution is 7.98. The van der Waals surface area contributed by atoms with Crippen molar-refractivity contribution in [2.75, 3.05) is 12.0 Å². The summed E-state index contributed by atoms with van der Waals surface area (Å²) in [4.78, 5) is 3.27. The fraction of sp³-hybridized carbons (Fsp3) is 0.636. The van der Waals surface area contributed by atoms with E-state index in [0.29, 0.717) is 6.04 Å². The topological polar surface area (TPSA) is 38.5 Å². The Balaban J connectivity index is 2.68. The number of aryl methyl sites for hydroxylation is 2. The molecule has 1 unspecified atom stereocenters. The van der Waals surface area contributed by atoms with Crippen molar-refractivity contribution in [2.24, 2.45) is 0 Å². The van der Waals surface area contributed by atoms with Crippen molar-refractivity contribution < 1.29 is 0 Å². The van der Waals surface area contributed by atoms with E-state index in [4.69, 9.17) is 12.2 Å². The predicted molar refractivity (Wildman–Crippen MR) is 76.4 cm³/mol. The van der Waals surface area contributed by atoms with Gasteiger partial charge in [0.25, 0.3) is 0 Å². The molecule has 0 amide bonds. The summed E-state index contributed by atoms with van der Waals surface area (Å²) in [7, 11) is 0. The Kier molecular flexibility index (Phi) is 3.63. The lowest BCUT2D eigenvalue weighted by molar-refractivity contribution is 0.578. The molecule has 94 valence electrons. The zero-order chi connectivity index (χ0) is 12.6. The molecule has 6 heteroatoms. The van der Waals surface area contributed by atoms with E-state index in [9.17, 15) is 0 Å². The molecule has 0 bridgehead atoms. The van der Waals surface area contributed by atoms with Gasteiger partial charge in [0.2, 0.25) is 0 Å². The minimum Gasteiger partial charge on any atom is -0.328 e. The Hall–Kier alpha value is -0.750. The molecule has 0 saturated carbocycles. The largest absolute Gasteiger partial charge is 0.328 e. The number of fused-ring (bicyclic) bond motifs is 1. The average Bonchev–Trinajstić information content (AvgIpc) is 2.76. The van der Waals surface area contributed by atoms with Crippen LogP contribution in [0.25, 0.3) is 11.2 Å². The molecule has 0 aliphatic rings. The number of nitrogens with zero attached hydrogens (tertiary/aromatic N) is 3. The minimum absolute atomic E-state index is 0.382. The monoisotopic (exact) mass is 270 g/mol. The van der Waals surface area contributed by atoms with Crippen molar-refractivity contribution in [1.29, 1.82) is 0 Å². The number of nitrogens with one attached hydrogen (secondary N) is 1. The molecule has 0 aliphatic carbocycles. The van der Waals surface area contributed by atoms with Crippen LogP contribution in [0.1, 0.15) is 25.6 Å². The summed E-state index contributed by atoms with van der Waals surface area (Å²) in [5.41, 5.74) is 3.21. The molecule has 1 atom stereocenters. The first-order valence-electron chi connectivity index (χ1n) is 5.76. The standard InChI is InChI=1S/C11H18N4S2/c1-5-14-10-9(8(3)13-14)12-11(16)15(10)7(2)6-17-4/h7H,5-6H2,1-4H3,(H,12,16). The predicted octanol–water partition coefficient (Wildman–Crippen LogP) is 3.15. The third-order valence-corrected chi connectivity index (χ3v) is 4.04. The van der Waals surface area contributed by atoms with Gasteiger partial charge in [0.1, 0.15) is 5.52 Å². The molecular formula is C11H18N4S2. The smallest absolute Gasteiger partial charge is 0.179 e. The van der Waals surface area contributed by atoms with Crippen molar-refractivity contribution in [3.05, 3.63) is 10.5 Å². The van der Waals surface area contributed by atoms with E-state index in [1.807, 2.05) is 23.4 Å². The van der Waals surface area contributed by atoms with Crippen LogP contribution in [0, 0.1) is 11.7 Å². The van der Waals surface area contributed by atoms with Crippen LogP contribution in [0.3, 0.4) is 0 Å². The number of thioether (sulfide) groups is 1. The zero-order valence-corrected chi connectivity index (χ0v) is 12.3. The maximum absolute atomic E-state index is 5.42. The highest BCUT2D eigenvalue weighted by Crippen LogP contribution is 2.23. The molecule has 0 aliphatic heterocycles. The van der Waals surface area contributed by atoms with Crippen LogP contribution in [0.2, 0.25) is 0 Å². The fourth-order valence-corrected chi connectivity index (χ4v) is 3.17. The second kappa shape index (κ2) is 4.86. The van der Waals surface area contributed by atoms with E-state index in [2.05, 4.69) is 34.8 Å². The molecule has 0 aromatic carbocycles. The molecule has 0 saturated heterocycles. The van der Waals surface area contributed by atoms with Crippen LogP contribution < -0.4 is 0 Å². The Morgan fingerprint density at radius 1 is 1.53 bits per heavy atom. The molecule has 17 heavy (non-hydrogen) atoms. The van der Waals surface area contributed by atoms with Gasteiger partial charge in [0.15, 0.2) is 10.4 Å². The van der Waals surface area contributed by atoms with Crippen LogP contribution in [0.5, 0.6) is 0 Å². The highest BCUT2D eigenvalue weighted by atomic mass is 32.2. The summed E-state index contributed by atoms with van der Waals surface area (Å²) >= 11 is 7.26. The maximum atomic E-state index is 5.42. The first-order valence-corrected chi connectivity index (χ1v) is 7.56. The Bertz CT molecular complexity index is 578. The average molecular weight is 270 g/mol. The summed E-state index contributed by atoms with van der Waals surface area (Å²) in [6.07, 6.45) is 2.12. The second-order valence-electron chi connectivity index (χ2n) is 4.20. The molecule has 0 spiro atoms. The molecule has 0 radical (unpaired) electrons. The van der Waals surface area contributed by atoms with Gasteiger partial charge in [-0.05, 0) is 39.2 Å². The van der Waals surface area contributed by atoms with Gasteiger partial charge in [-0.25, -0.2) is 4.68 Å². The number of aromatic amines is 1. The minimum atomic E-state index is 0.382. The maximum Gasteiger partial charge on any atom is 0.179 e. The lowest BCUT2D eigenvalue weighted by Gasteiger charge is -2.13. The van der Waals surface area contributed by atoms with Crippen molar-refractivity contribution >= 4 is 35.1 Å². The van der Waals surface area contributed by atoms with Crippen molar-refractivity contribution in [3.63, 3.8) is 0 Å². The Morgan fingerprint density at radius 2 is 2.24 bits per heavy atom. The molecule has 2 aromatic heterocycles. The van der Waals surface area contributed by atoms with Crippen molar-refractivity contribution in [3.8, 4) is 0 Å². The Morgan fingerprint density at radius 3 is 2.82 bits per heavy atom. The third kappa shape index (κ3) is 2.04. The molecular weight excluding hydrogens is 252 g/mol. The van der Waals surface area contributed by atoms with Crippen LogP contribution in [-0.2, 0) is 6.54 Å². The van der Waals surface area contributed by atoms with E-state index >= 15 is 0 Å². The van der Waals surface area contributed by atoms with Crippen LogP contribution in [-0.4, -0.2) is 31.3 Å². The number of hydrogen-bond acceptors (Lipinski definition) is 3. The molecule has 4 nitrogen and oxygen atoms in total. The van der Waals surface area contributed by atoms with Gasteiger partial charge in [-0.1, -0.05) is 0 Å². The number of H-pyrrole nitrogens is 1. The quantitative estimate of drug-likeness (QED) is 0.867. The van der Waals surface area contributed by atoms with Gasteiger partial charge < -0.3 is 4.98 Å². The van der Waals surface area contributed by atoms with E-state index in [1.165, 1.54) is 0 Å². The lowest BCUT2D eigenvalue weighted by Crippen LogP contribution is -2.11. The summed E-state index contributed by atoms with van der Waals surface area (Å²) in [6, 6.07) is 0.382.